The molecule has 1 aromatic rings. The fraction of sp³-hybridized carbons (Fsp3) is 0.684. The zero-order valence-corrected chi connectivity index (χ0v) is 16.1. The Morgan fingerprint density at radius 2 is 1.96 bits per heavy atom. The van der Waals surface area contributed by atoms with Crippen LogP contribution in [0.3, 0.4) is 0 Å². The predicted molar refractivity (Wildman–Crippen MR) is 101 cm³/mol. The normalized spacial score (nSPS) is 26.7. The van der Waals surface area contributed by atoms with Gasteiger partial charge >= 0.3 is 0 Å². The highest BCUT2D eigenvalue weighted by molar-refractivity contribution is 6.32. The minimum absolute atomic E-state index is 0.282. The van der Waals surface area contributed by atoms with Crippen LogP contribution in [-0.4, -0.2) is 84.9 Å². The van der Waals surface area contributed by atoms with Crippen LogP contribution in [0.2, 0.25) is 5.02 Å². The molecule has 1 N–H and O–H groups in total. The number of benzene rings is 1. The van der Waals surface area contributed by atoms with Crippen molar-refractivity contribution >= 4 is 11.6 Å². The fourth-order valence-corrected chi connectivity index (χ4v) is 4.14. The summed E-state index contributed by atoms with van der Waals surface area (Å²) in [4.78, 5) is 7.15. The molecule has 0 aliphatic carbocycles. The van der Waals surface area contributed by atoms with Gasteiger partial charge in [-0.3, -0.25) is 9.80 Å². The van der Waals surface area contributed by atoms with Crippen LogP contribution in [0.15, 0.2) is 18.2 Å². The van der Waals surface area contributed by atoms with Crippen LogP contribution < -0.4 is 4.74 Å². The van der Waals surface area contributed by atoms with Crippen LogP contribution in [0.25, 0.3) is 0 Å². The van der Waals surface area contributed by atoms with E-state index in [9.17, 15) is 5.11 Å². The van der Waals surface area contributed by atoms with Crippen molar-refractivity contribution in [2.45, 2.75) is 32.0 Å². The maximum atomic E-state index is 10.7. The van der Waals surface area contributed by atoms with Gasteiger partial charge in [0.05, 0.1) is 17.7 Å². The zero-order valence-electron chi connectivity index (χ0n) is 15.3. The second kappa shape index (κ2) is 8.69. The second-order valence-corrected chi connectivity index (χ2v) is 7.60. The molecule has 0 aromatic heterocycles. The molecule has 0 spiro atoms. The van der Waals surface area contributed by atoms with Gasteiger partial charge in [-0.15, -0.1) is 0 Å². The van der Waals surface area contributed by atoms with Crippen molar-refractivity contribution in [3.63, 3.8) is 0 Å². The molecular formula is C19H30ClN3O2. The molecule has 2 saturated heterocycles. The molecule has 0 bridgehead atoms. The summed E-state index contributed by atoms with van der Waals surface area (Å²) in [5.41, 5.74) is 1.17. The van der Waals surface area contributed by atoms with Gasteiger partial charge in [0, 0.05) is 51.9 Å². The monoisotopic (exact) mass is 367 g/mol. The Kier molecular flexibility index (Phi) is 6.58. The van der Waals surface area contributed by atoms with Gasteiger partial charge in [-0.2, -0.15) is 0 Å². The van der Waals surface area contributed by atoms with Crippen LogP contribution in [-0.2, 0) is 6.54 Å². The Morgan fingerprint density at radius 1 is 1.20 bits per heavy atom. The largest absolute Gasteiger partial charge is 0.492 e. The molecule has 1 aromatic carbocycles. The summed E-state index contributed by atoms with van der Waals surface area (Å²) in [6.07, 6.45) is 0.741. The van der Waals surface area contributed by atoms with Gasteiger partial charge in [0.1, 0.15) is 5.75 Å². The maximum Gasteiger partial charge on any atom is 0.137 e. The smallest absolute Gasteiger partial charge is 0.137 e. The topological polar surface area (TPSA) is 39.2 Å². The number of ether oxygens (including phenoxy) is 1. The number of likely N-dealkylation sites (N-methyl/N-ethyl adjacent to an activating group) is 1. The third-order valence-corrected chi connectivity index (χ3v) is 5.64. The van der Waals surface area contributed by atoms with Gasteiger partial charge in [0.25, 0.3) is 0 Å². The van der Waals surface area contributed by atoms with Gasteiger partial charge < -0.3 is 14.7 Å². The summed E-state index contributed by atoms with van der Waals surface area (Å²) in [6, 6.07) is 6.28. The van der Waals surface area contributed by atoms with E-state index in [4.69, 9.17) is 16.3 Å². The number of hydrogen-bond acceptors (Lipinski definition) is 5. The van der Waals surface area contributed by atoms with E-state index >= 15 is 0 Å². The van der Waals surface area contributed by atoms with Gasteiger partial charge in [-0.05, 0) is 38.1 Å². The van der Waals surface area contributed by atoms with Gasteiger partial charge in [0.15, 0.2) is 0 Å². The minimum Gasteiger partial charge on any atom is -0.492 e. The van der Waals surface area contributed by atoms with Crippen LogP contribution in [0, 0.1) is 0 Å². The molecule has 0 saturated carbocycles. The fourth-order valence-electron chi connectivity index (χ4n) is 3.88. The van der Waals surface area contributed by atoms with Crippen molar-refractivity contribution in [1.82, 2.24) is 14.7 Å². The molecule has 2 atom stereocenters. The number of β-amino-alcohol motifs (C(OH)–C–C–N with tert-alkyl or cyclic N) is 1. The molecule has 5 nitrogen and oxygen atoms in total. The Morgan fingerprint density at radius 3 is 2.60 bits per heavy atom. The van der Waals surface area contributed by atoms with E-state index in [-0.39, 0.29) is 6.10 Å². The van der Waals surface area contributed by atoms with Gasteiger partial charge in [-0.1, -0.05) is 17.7 Å². The van der Waals surface area contributed by atoms with E-state index < -0.39 is 0 Å². The molecule has 6 heteroatoms. The number of halogens is 1. The highest BCUT2D eigenvalue weighted by atomic mass is 35.5. The molecule has 2 heterocycles. The Bertz CT molecular complexity index is 564. The summed E-state index contributed by atoms with van der Waals surface area (Å²) >= 11 is 6.29. The van der Waals surface area contributed by atoms with Gasteiger partial charge in [-0.25, -0.2) is 0 Å². The predicted octanol–water partition coefficient (Wildman–Crippen LogP) is 1.92. The Hall–Kier alpha value is -0.850. The van der Waals surface area contributed by atoms with Crippen molar-refractivity contribution < 1.29 is 9.84 Å². The van der Waals surface area contributed by atoms with E-state index in [0.717, 1.165) is 58.0 Å². The van der Waals surface area contributed by atoms with Crippen molar-refractivity contribution in [1.29, 1.82) is 0 Å². The third-order valence-electron chi connectivity index (χ3n) is 5.34. The van der Waals surface area contributed by atoms with E-state index in [2.05, 4.69) is 27.8 Å². The molecule has 2 aliphatic heterocycles. The number of nitrogens with zero attached hydrogens (tertiary/aromatic N) is 3. The second-order valence-electron chi connectivity index (χ2n) is 7.20. The van der Waals surface area contributed by atoms with E-state index in [1.807, 2.05) is 19.1 Å². The van der Waals surface area contributed by atoms with Crippen LogP contribution >= 0.6 is 11.6 Å². The first-order valence-electron chi connectivity index (χ1n) is 9.31. The summed E-state index contributed by atoms with van der Waals surface area (Å²) in [5, 5.41) is 11.3. The first-order chi connectivity index (χ1) is 12.1. The van der Waals surface area contributed by atoms with Crippen molar-refractivity contribution in [2.24, 2.45) is 0 Å². The highest BCUT2D eigenvalue weighted by Gasteiger charge is 2.33. The van der Waals surface area contributed by atoms with Crippen LogP contribution in [0.4, 0.5) is 0 Å². The average Bonchev–Trinajstić information content (AvgIpc) is 2.59. The standard InChI is InChI=1S/C19H30ClN3O2/c1-3-25-19-5-4-15(12-16(19)20)13-22-7-6-17(18(24)14-22)23-10-8-21(2)9-11-23/h4-5,12,17-18,24H,3,6-11,13-14H2,1-2H3/t17-,18-/m1/s1. The first-order valence-corrected chi connectivity index (χ1v) is 9.69. The molecule has 2 aliphatic rings. The number of piperazine rings is 1. The number of aliphatic hydroxyl groups is 1. The van der Waals surface area contributed by atoms with Crippen molar-refractivity contribution in [3.8, 4) is 5.75 Å². The molecule has 25 heavy (non-hydrogen) atoms. The lowest BCUT2D eigenvalue weighted by Crippen LogP contribution is -2.58. The average molecular weight is 368 g/mol. The molecule has 140 valence electrons. The van der Waals surface area contributed by atoms with Crippen LogP contribution in [0.5, 0.6) is 5.75 Å². The van der Waals surface area contributed by atoms with Crippen LogP contribution in [0.1, 0.15) is 18.9 Å². The minimum atomic E-state index is -0.282. The Balaban J connectivity index is 1.53. The third kappa shape index (κ3) is 4.86. The first kappa shape index (κ1) is 18.9. The SMILES string of the molecule is CCOc1ccc(CN2CC[C@@H](N3CCN(C)CC3)[C@H](O)C2)cc1Cl. The highest BCUT2D eigenvalue weighted by Crippen LogP contribution is 2.27. The number of rotatable bonds is 5. The summed E-state index contributed by atoms with van der Waals surface area (Å²) in [5.74, 6) is 0.738. The Labute approximate surface area is 156 Å². The molecule has 2 fully saturated rings. The van der Waals surface area contributed by atoms with Gasteiger partial charge in [0.2, 0.25) is 0 Å². The molecule has 0 unspecified atom stereocenters. The summed E-state index contributed by atoms with van der Waals surface area (Å²) in [7, 11) is 2.17. The molecular weight excluding hydrogens is 338 g/mol. The van der Waals surface area contributed by atoms with E-state index in [1.165, 1.54) is 5.56 Å². The lowest BCUT2D eigenvalue weighted by molar-refractivity contribution is -0.0286. The maximum absolute atomic E-state index is 10.7. The number of aliphatic hydroxyl groups excluding tert-OH is 1. The molecule has 3 rings (SSSR count). The number of likely N-dealkylation sites (tertiary alicyclic amines) is 1. The number of piperidine rings is 1. The lowest BCUT2D eigenvalue weighted by atomic mass is 9.98. The van der Waals surface area contributed by atoms with E-state index in [0.29, 0.717) is 17.7 Å². The van der Waals surface area contributed by atoms with Crippen molar-refractivity contribution in [3.05, 3.63) is 28.8 Å². The molecule has 0 amide bonds. The van der Waals surface area contributed by atoms with E-state index in [1.54, 1.807) is 0 Å². The molecule has 0 radical (unpaired) electrons. The van der Waals surface area contributed by atoms with Crippen molar-refractivity contribution in [2.75, 3.05) is 52.9 Å². The summed E-state index contributed by atoms with van der Waals surface area (Å²) < 4.78 is 5.49. The summed E-state index contributed by atoms with van der Waals surface area (Å²) in [6.45, 7) is 9.44. The quantitative estimate of drug-likeness (QED) is 0.860. The number of hydrogen-bond donors (Lipinski definition) is 1. The zero-order chi connectivity index (χ0) is 17.8. The lowest BCUT2D eigenvalue weighted by Gasteiger charge is -2.44.